The van der Waals surface area contributed by atoms with Crippen molar-refractivity contribution in [3.63, 3.8) is 0 Å². The predicted octanol–water partition coefficient (Wildman–Crippen LogP) is 2.60. The Morgan fingerprint density at radius 3 is 2.88 bits per heavy atom. The van der Waals surface area contributed by atoms with Gasteiger partial charge in [-0.1, -0.05) is 19.9 Å². The molecule has 0 saturated heterocycles. The zero-order chi connectivity index (χ0) is 12.5. The van der Waals surface area contributed by atoms with Gasteiger partial charge in [0.15, 0.2) is 0 Å². The summed E-state index contributed by atoms with van der Waals surface area (Å²) in [5.74, 6) is -0.183. The maximum absolute atomic E-state index is 13.3. The Balaban J connectivity index is 2.19. The van der Waals surface area contributed by atoms with E-state index in [0.717, 1.165) is 31.6 Å². The Morgan fingerprint density at radius 2 is 2.24 bits per heavy atom. The van der Waals surface area contributed by atoms with Gasteiger partial charge in [-0.05, 0) is 30.5 Å². The van der Waals surface area contributed by atoms with Crippen LogP contribution in [0.25, 0.3) is 0 Å². The zero-order valence-corrected chi connectivity index (χ0v) is 10.5. The molecular formula is C14H20FNO. The lowest BCUT2D eigenvalue weighted by atomic mass is 9.88. The van der Waals surface area contributed by atoms with Gasteiger partial charge in [0.05, 0.1) is 6.61 Å². The third-order valence-corrected chi connectivity index (χ3v) is 3.85. The van der Waals surface area contributed by atoms with Crippen molar-refractivity contribution < 1.29 is 9.50 Å². The second-order valence-electron chi connectivity index (χ2n) is 5.27. The highest BCUT2D eigenvalue weighted by molar-refractivity contribution is 5.58. The summed E-state index contributed by atoms with van der Waals surface area (Å²) in [6, 6.07) is 5.00. The fourth-order valence-electron chi connectivity index (χ4n) is 2.32. The number of aliphatic hydroxyl groups is 1. The number of nitrogens with zero attached hydrogens (tertiary/aromatic N) is 1. The average Bonchev–Trinajstić information content (AvgIpc) is 2.72. The molecular weight excluding hydrogens is 217 g/mol. The van der Waals surface area contributed by atoms with Gasteiger partial charge in [-0.2, -0.15) is 0 Å². The molecule has 17 heavy (non-hydrogen) atoms. The van der Waals surface area contributed by atoms with E-state index in [9.17, 15) is 9.50 Å². The van der Waals surface area contributed by atoms with Crippen LogP contribution in [0.1, 0.15) is 25.8 Å². The topological polar surface area (TPSA) is 23.5 Å². The normalized spacial score (nSPS) is 18.0. The largest absolute Gasteiger partial charge is 0.396 e. The number of halogens is 1. The molecule has 1 N–H and O–H groups in total. The molecule has 3 heteroatoms. The summed E-state index contributed by atoms with van der Waals surface area (Å²) in [5.41, 5.74) is 2.11. The summed E-state index contributed by atoms with van der Waals surface area (Å²) in [6.07, 6.45) is 1.89. The van der Waals surface area contributed by atoms with Gasteiger partial charge in [0.1, 0.15) is 5.82 Å². The zero-order valence-electron chi connectivity index (χ0n) is 10.5. The van der Waals surface area contributed by atoms with Crippen LogP contribution in [0.3, 0.4) is 0 Å². The molecule has 2 rings (SSSR count). The van der Waals surface area contributed by atoms with Crippen molar-refractivity contribution in [3.8, 4) is 0 Å². The van der Waals surface area contributed by atoms with Crippen molar-refractivity contribution in [2.45, 2.75) is 26.7 Å². The molecule has 1 aromatic rings. The molecule has 0 bridgehead atoms. The van der Waals surface area contributed by atoms with Crippen molar-refractivity contribution in [2.75, 3.05) is 24.6 Å². The summed E-state index contributed by atoms with van der Waals surface area (Å²) >= 11 is 0. The van der Waals surface area contributed by atoms with Gasteiger partial charge in [-0.25, -0.2) is 4.39 Å². The molecule has 94 valence electrons. The molecule has 1 atom stereocenters. The fourth-order valence-corrected chi connectivity index (χ4v) is 2.32. The average molecular weight is 237 g/mol. The molecule has 1 aliphatic rings. The molecule has 0 aromatic heterocycles. The number of aliphatic hydroxyl groups excluding tert-OH is 1. The van der Waals surface area contributed by atoms with E-state index in [0.29, 0.717) is 0 Å². The highest BCUT2D eigenvalue weighted by atomic mass is 19.1. The van der Waals surface area contributed by atoms with Crippen molar-refractivity contribution in [1.82, 2.24) is 0 Å². The lowest BCUT2D eigenvalue weighted by molar-refractivity contribution is 0.143. The number of fused-ring (bicyclic) bond motifs is 1. The van der Waals surface area contributed by atoms with Crippen molar-refractivity contribution in [2.24, 2.45) is 5.41 Å². The first-order valence-corrected chi connectivity index (χ1v) is 6.22. The highest BCUT2D eigenvalue weighted by Gasteiger charge is 2.28. The maximum atomic E-state index is 13.3. The number of hydrogen-bond donors (Lipinski definition) is 1. The molecule has 0 saturated carbocycles. The molecule has 0 aliphatic carbocycles. The van der Waals surface area contributed by atoms with E-state index in [2.05, 4.69) is 18.7 Å². The van der Waals surface area contributed by atoms with Crippen LogP contribution >= 0.6 is 0 Å². The standard InChI is InChI=1S/C14H20FNO/c1-3-14(2,10-17)9-16-7-6-11-4-5-12(15)8-13(11)16/h4-5,8,17H,3,6-7,9-10H2,1-2H3. The van der Waals surface area contributed by atoms with Gasteiger partial charge >= 0.3 is 0 Å². The van der Waals surface area contributed by atoms with Gasteiger partial charge in [-0.3, -0.25) is 0 Å². The minimum atomic E-state index is -0.183. The van der Waals surface area contributed by atoms with Crippen LogP contribution in [0.15, 0.2) is 18.2 Å². The molecule has 0 spiro atoms. The maximum Gasteiger partial charge on any atom is 0.125 e. The van der Waals surface area contributed by atoms with Crippen LogP contribution in [0.4, 0.5) is 10.1 Å². The van der Waals surface area contributed by atoms with Crippen LogP contribution in [0.5, 0.6) is 0 Å². The van der Waals surface area contributed by atoms with Crippen LogP contribution in [0.2, 0.25) is 0 Å². The number of rotatable bonds is 4. The molecule has 1 unspecified atom stereocenters. The van der Waals surface area contributed by atoms with Gasteiger partial charge in [0.2, 0.25) is 0 Å². The van der Waals surface area contributed by atoms with Gasteiger partial charge in [0, 0.05) is 24.2 Å². The summed E-state index contributed by atoms with van der Waals surface area (Å²) in [5, 5.41) is 9.45. The van der Waals surface area contributed by atoms with Crippen molar-refractivity contribution >= 4 is 5.69 Å². The Bertz CT molecular complexity index is 401. The van der Waals surface area contributed by atoms with Crippen LogP contribution in [-0.2, 0) is 6.42 Å². The van der Waals surface area contributed by atoms with E-state index in [1.807, 2.05) is 6.07 Å². The van der Waals surface area contributed by atoms with Crippen molar-refractivity contribution in [3.05, 3.63) is 29.6 Å². The highest BCUT2D eigenvalue weighted by Crippen LogP contribution is 2.32. The van der Waals surface area contributed by atoms with E-state index in [1.54, 1.807) is 6.07 Å². The minimum Gasteiger partial charge on any atom is -0.396 e. The SMILES string of the molecule is CCC(C)(CO)CN1CCc2ccc(F)cc21. The van der Waals surface area contributed by atoms with Crippen LogP contribution in [0, 0.1) is 11.2 Å². The van der Waals surface area contributed by atoms with E-state index in [-0.39, 0.29) is 17.8 Å². The third kappa shape index (κ3) is 2.44. The second kappa shape index (κ2) is 4.65. The lowest BCUT2D eigenvalue weighted by Crippen LogP contribution is -2.37. The molecule has 1 heterocycles. The van der Waals surface area contributed by atoms with Gasteiger partial charge < -0.3 is 10.0 Å². The number of anilines is 1. The summed E-state index contributed by atoms with van der Waals surface area (Å²) in [4.78, 5) is 2.19. The Labute approximate surface area is 102 Å². The Morgan fingerprint density at radius 1 is 1.47 bits per heavy atom. The number of hydrogen-bond acceptors (Lipinski definition) is 2. The first-order chi connectivity index (χ1) is 8.08. The molecule has 0 amide bonds. The molecule has 0 fully saturated rings. The second-order valence-corrected chi connectivity index (χ2v) is 5.27. The predicted molar refractivity (Wildman–Crippen MR) is 67.8 cm³/mol. The molecule has 1 aliphatic heterocycles. The number of benzene rings is 1. The molecule has 1 aromatic carbocycles. The van der Waals surface area contributed by atoms with E-state index < -0.39 is 0 Å². The quantitative estimate of drug-likeness (QED) is 0.870. The first kappa shape index (κ1) is 12.4. The first-order valence-electron chi connectivity index (χ1n) is 6.22. The van der Waals surface area contributed by atoms with Crippen LogP contribution < -0.4 is 4.90 Å². The monoisotopic (exact) mass is 237 g/mol. The Kier molecular flexibility index (Phi) is 3.38. The Hall–Kier alpha value is -1.09. The summed E-state index contributed by atoms with van der Waals surface area (Å²) in [6.45, 7) is 6.04. The van der Waals surface area contributed by atoms with E-state index in [1.165, 1.54) is 11.6 Å². The third-order valence-electron chi connectivity index (χ3n) is 3.85. The van der Waals surface area contributed by atoms with E-state index in [4.69, 9.17) is 0 Å². The summed E-state index contributed by atoms with van der Waals surface area (Å²) < 4.78 is 13.3. The van der Waals surface area contributed by atoms with Crippen molar-refractivity contribution in [1.29, 1.82) is 0 Å². The molecule has 0 radical (unpaired) electrons. The van der Waals surface area contributed by atoms with Crippen LogP contribution in [-0.4, -0.2) is 24.8 Å². The lowest BCUT2D eigenvalue weighted by Gasteiger charge is -2.32. The van der Waals surface area contributed by atoms with Gasteiger partial charge in [0.25, 0.3) is 0 Å². The smallest absolute Gasteiger partial charge is 0.125 e. The van der Waals surface area contributed by atoms with Gasteiger partial charge in [-0.15, -0.1) is 0 Å². The minimum absolute atomic E-state index is 0.103. The van der Waals surface area contributed by atoms with E-state index >= 15 is 0 Å². The summed E-state index contributed by atoms with van der Waals surface area (Å²) in [7, 11) is 0. The molecule has 2 nitrogen and oxygen atoms in total. The fraction of sp³-hybridized carbons (Fsp3) is 0.571.